The topological polar surface area (TPSA) is 47.3 Å². The van der Waals surface area contributed by atoms with Crippen molar-refractivity contribution in [3.05, 3.63) is 33.8 Å². The van der Waals surface area contributed by atoms with Crippen molar-refractivity contribution in [2.24, 2.45) is 11.8 Å². The molecule has 0 aromatic heterocycles. The van der Waals surface area contributed by atoms with Gasteiger partial charge in [-0.1, -0.05) is 48.5 Å². The second-order valence-electron chi connectivity index (χ2n) is 5.81. The molecule has 1 saturated carbocycles. The summed E-state index contributed by atoms with van der Waals surface area (Å²) in [5.74, 6) is 6.35. The van der Waals surface area contributed by atoms with Crippen LogP contribution in [-0.2, 0) is 11.2 Å². The summed E-state index contributed by atoms with van der Waals surface area (Å²) in [7, 11) is 1.77. The van der Waals surface area contributed by atoms with Crippen molar-refractivity contribution >= 4 is 23.2 Å². The number of hydrogen-bond acceptors (Lipinski definition) is 3. The zero-order valence-electron chi connectivity index (χ0n) is 12.4. The number of hydrogen-bond donors (Lipinski definition) is 2. The second kappa shape index (κ2) is 8.35. The van der Waals surface area contributed by atoms with Gasteiger partial charge in [-0.3, -0.25) is 11.3 Å². The molecule has 0 saturated heterocycles. The second-order valence-corrected chi connectivity index (χ2v) is 6.66. The summed E-state index contributed by atoms with van der Waals surface area (Å²) in [6.07, 6.45) is 7.17. The summed E-state index contributed by atoms with van der Waals surface area (Å²) in [5.41, 5.74) is 3.97. The fraction of sp³-hybridized carbons (Fsp3) is 0.625. The van der Waals surface area contributed by atoms with Crippen LogP contribution in [0.2, 0.25) is 10.0 Å². The van der Waals surface area contributed by atoms with Crippen LogP contribution in [0.5, 0.6) is 0 Å². The lowest BCUT2D eigenvalue weighted by molar-refractivity contribution is 0.00828. The Morgan fingerprint density at radius 2 is 2.00 bits per heavy atom. The maximum Gasteiger partial charge on any atom is 0.0769 e. The minimum atomic E-state index is 0.0526. The number of hydrazine groups is 1. The molecule has 21 heavy (non-hydrogen) atoms. The third kappa shape index (κ3) is 4.57. The summed E-state index contributed by atoms with van der Waals surface area (Å²) in [5, 5.41) is 1.33. The summed E-state index contributed by atoms with van der Waals surface area (Å²) in [4.78, 5) is 0. The zero-order valence-corrected chi connectivity index (χ0v) is 14.0. The molecule has 0 aliphatic heterocycles. The highest BCUT2D eigenvalue weighted by Crippen LogP contribution is 2.31. The first-order valence-electron chi connectivity index (χ1n) is 7.58. The molecule has 2 unspecified atom stereocenters. The number of rotatable bonds is 6. The van der Waals surface area contributed by atoms with E-state index in [1.165, 1.54) is 32.1 Å². The van der Waals surface area contributed by atoms with E-state index in [1.54, 1.807) is 13.2 Å². The maximum atomic E-state index is 6.27. The van der Waals surface area contributed by atoms with Crippen LogP contribution < -0.4 is 11.3 Å². The zero-order chi connectivity index (χ0) is 15.2. The largest absolute Gasteiger partial charge is 0.379 e. The molecule has 1 fully saturated rings. The number of benzene rings is 1. The van der Waals surface area contributed by atoms with Gasteiger partial charge in [0.05, 0.1) is 12.1 Å². The van der Waals surface area contributed by atoms with Crippen LogP contribution in [-0.4, -0.2) is 19.3 Å². The molecule has 0 bridgehead atoms. The number of halogens is 2. The quantitative estimate of drug-likeness (QED) is 0.613. The Bertz CT molecular complexity index is 450. The van der Waals surface area contributed by atoms with Crippen molar-refractivity contribution in [3.8, 4) is 0 Å². The van der Waals surface area contributed by atoms with Gasteiger partial charge in [0.25, 0.3) is 0 Å². The van der Waals surface area contributed by atoms with Crippen molar-refractivity contribution < 1.29 is 4.74 Å². The molecule has 0 radical (unpaired) electrons. The molecule has 2 rings (SSSR count). The van der Waals surface area contributed by atoms with Gasteiger partial charge in [0, 0.05) is 17.2 Å². The molecule has 0 amide bonds. The van der Waals surface area contributed by atoms with Crippen LogP contribution >= 0.6 is 23.2 Å². The van der Waals surface area contributed by atoms with E-state index >= 15 is 0 Å². The van der Waals surface area contributed by atoms with Gasteiger partial charge in [-0.15, -0.1) is 0 Å². The van der Waals surface area contributed by atoms with E-state index in [0.29, 0.717) is 16.0 Å². The fourth-order valence-corrected chi connectivity index (χ4v) is 3.83. The van der Waals surface area contributed by atoms with Crippen molar-refractivity contribution in [3.63, 3.8) is 0 Å². The van der Waals surface area contributed by atoms with E-state index in [4.69, 9.17) is 33.8 Å². The predicted molar refractivity (Wildman–Crippen MR) is 88.6 cm³/mol. The maximum absolute atomic E-state index is 6.27. The summed E-state index contributed by atoms with van der Waals surface area (Å²) < 4.78 is 5.77. The monoisotopic (exact) mass is 330 g/mol. The Morgan fingerprint density at radius 1 is 1.29 bits per heavy atom. The van der Waals surface area contributed by atoms with Gasteiger partial charge >= 0.3 is 0 Å². The molecular weight excluding hydrogens is 307 g/mol. The minimum absolute atomic E-state index is 0.0526. The smallest absolute Gasteiger partial charge is 0.0769 e. The average molecular weight is 331 g/mol. The lowest BCUT2D eigenvalue weighted by atomic mass is 9.81. The van der Waals surface area contributed by atoms with Crippen LogP contribution in [0.4, 0.5) is 0 Å². The molecule has 0 spiro atoms. The predicted octanol–water partition coefficient (Wildman–Crippen LogP) is 3.96. The molecule has 118 valence electrons. The van der Waals surface area contributed by atoms with Crippen LogP contribution in [0.15, 0.2) is 18.2 Å². The highest BCUT2D eigenvalue weighted by Gasteiger charge is 2.30. The summed E-state index contributed by atoms with van der Waals surface area (Å²) in [6, 6.07) is 5.65. The normalized spacial score (nSPS) is 19.4. The van der Waals surface area contributed by atoms with Crippen LogP contribution in [0.1, 0.15) is 37.7 Å². The molecule has 1 aliphatic rings. The Hall–Kier alpha value is -0.320. The van der Waals surface area contributed by atoms with Crippen molar-refractivity contribution in [2.45, 2.75) is 50.7 Å². The third-order valence-corrected chi connectivity index (χ3v) is 5.04. The fourth-order valence-electron chi connectivity index (χ4n) is 3.34. The highest BCUT2D eigenvalue weighted by atomic mass is 35.5. The Labute approximate surface area is 137 Å². The van der Waals surface area contributed by atoms with Crippen LogP contribution in [0.25, 0.3) is 0 Å². The van der Waals surface area contributed by atoms with Gasteiger partial charge in [0.1, 0.15) is 0 Å². The first-order valence-corrected chi connectivity index (χ1v) is 8.34. The molecule has 1 aromatic carbocycles. The standard InChI is InChI=1S/C16H24Cl2N2O/c1-21-16(11-5-3-2-4-6-11)15(20-19)9-12-7-8-13(17)10-14(12)18/h7-8,10-11,15-16,20H,2-6,9,19H2,1H3. The summed E-state index contributed by atoms with van der Waals surface area (Å²) >= 11 is 12.2. The molecular formula is C16H24Cl2N2O. The number of nitrogens with one attached hydrogen (secondary N) is 1. The van der Waals surface area contributed by atoms with E-state index < -0.39 is 0 Å². The Morgan fingerprint density at radius 3 is 2.57 bits per heavy atom. The van der Waals surface area contributed by atoms with E-state index in [0.717, 1.165) is 12.0 Å². The van der Waals surface area contributed by atoms with Gasteiger partial charge in [-0.25, -0.2) is 0 Å². The number of methoxy groups -OCH3 is 1. The highest BCUT2D eigenvalue weighted by molar-refractivity contribution is 6.35. The van der Waals surface area contributed by atoms with Crippen molar-refractivity contribution in [1.29, 1.82) is 0 Å². The van der Waals surface area contributed by atoms with Gasteiger partial charge < -0.3 is 4.74 Å². The molecule has 2 atom stereocenters. The number of nitrogens with two attached hydrogens (primary N) is 1. The Kier molecular flexibility index (Phi) is 6.77. The van der Waals surface area contributed by atoms with Gasteiger partial charge in [0.2, 0.25) is 0 Å². The van der Waals surface area contributed by atoms with Gasteiger partial charge in [0.15, 0.2) is 0 Å². The SMILES string of the molecule is COC(C1CCCCC1)C(Cc1ccc(Cl)cc1Cl)NN. The first-order chi connectivity index (χ1) is 10.2. The lowest BCUT2D eigenvalue weighted by Gasteiger charge is -2.34. The van der Waals surface area contributed by atoms with Crippen molar-refractivity contribution in [1.82, 2.24) is 5.43 Å². The molecule has 1 aliphatic carbocycles. The number of ether oxygens (including phenoxy) is 1. The van der Waals surface area contributed by atoms with Crippen molar-refractivity contribution in [2.75, 3.05) is 7.11 Å². The van der Waals surface area contributed by atoms with Crippen LogP contribution in [0.3, 0.4) is 0 Å². The summed E-state index contributed by atoms with van der Waals surface area (Å²) in [6.45, 7) is 0. The van der Waals surface area contributed by atoms with E-state index in [2.05, 4.69) is 5.43 Å². The van der Waals surface area contributed by atoms with E-state index in [-0.39, 0.29) is 12.1 Å². The van der Waals surface area contributed by atoms with Gasteiger partial charge in [-0.2, -0.15) is 0 Å². The molecule has 3 N–H and O–H groups in total. The molecule has 5 heteroatoms. The first kappa shape index (κ1) is 17.0. The average Bonchev–Trinajstić information content (AvgIpc) is 2.50. The third-order valence-electron chi connectivity index (χ3n) is 4.45. The lowest BCUT2D eigenvalue weighted by Crippen LogP contribution is -2.49. The minimum Gasteiger partial charge on any atom is -0.379 e. The van der Waals surface area contributed by atoms with Crippen LogP contribution in [0, 0.1) is 5.92 Å². The molecule has 0 heterocycles. The molecule has 1 aromatic rings. The van der Waals surface area contributed by atoms with E-state index in [9.17, 15) is 0 Å². The Balaban J connectivity index is 2.09. The van der Waals surface area contributed by atoms with E-state index in [1.807, 2.05) is 12.1 Å². The molecule has 3 nitrogen and oxygen atoms in total. The van der Waals surface area contributed by atoms with Gasteiger partial charge in [-0.05, 0) is 42.9 Å².